The van der Waals surface area contributed by atoms with Gasteiger partial charge in [0.1, 0.15) is 0 Å². The SMILES string of the molecule is CCNC(=NCc1ncccc1C)N1CCC(OCCCOC)CC1.I. The largest absolute Gasteiger partial charge is 0.385 e. The number of aromatic nitrogens is 1. The molecule has 1 N–H and O–H groups in total. The lowest BCUT2D eigenvalue weighted by molar-refractivity contribution is 0.00990. The topological polar surface area (TPSA) is 59.0 Å². The molecule has 1 aliphatic heterocycles. The van der Waals surface area contributed by atoms with Crippen LogP contribution < -0.4 is 5.32 Å². The first-order chi connectivity index (χ1) is 12.2. The zero-order valence-corrected chi connectivity index (χ0v) is 18.6. The lowest BCUT2D eigenvalue weighted by Crippen LogP contribution is -2.47. The minimum atomic E-state index is 0. The van der Waals surface area contributed by atoms with E-state index in [-0.39, 0.29) is 24.0 Å². The molecular weight excluding hydrogens is 443 g/mol. The van der Waals surface area contributed by atoms with E-state index in [9.17, 15) is 0 Å². The number of nitrogens with zero attached hydrogens (tertiary/aromatic N) is 3. The van der Waals surface area contributed by atoms with E-state index in [1.54, 1.807) is 7.11 Å². The highest BCUT2D eigenvalue weighted by Crippen LogP contribution is 2.15. The molecule has 0 spiro atoms. The molecule has 0 aliphatic carbocycles. The summed E-state index contributed by atoms with van der Waals surface area (Å²) in [5, 5.41) is 3.41. The van der Waals surface area contributed by atoms with Crippen molar-refractivity contribution in [2.45, 2.75) is 45.8 Å². The number of hydrogen-bond acceptors (Lipinski definition) is 4. The molecule has 0 aromatic carbocycles. The molecule has 7 heteroatoms. The highest BCUT2D eigenvalue weighted by atomic mass is 127. The molecule has 6 nitrogen and oxygen atoms in total. The van der Waals surface area contributed by atoms with Crippen molar-refractivity contribution in [3.8, 4) is 0 Å². The average molecular weight is 476 g/mol. The molecule has 0 bridgehead atoms. The number of rotatable bonds is 8. The minimum absolute atomic E-state index is 0. The molecular formula is C19H33IN4O2. The van der Waals surface area contributed by atoms with Crippen LogP contribution in [0.15, 0.2) is 23.3 Å². The summed E-state index contributed by atoms with van der Waals surface area (Å²) in [6.45, 7) is 9.17. The lowest BCUT2D eigenvalue weighted by Gasteiger charge is -2.34. The van der Waals surface area contributed by atoms with Gasteiger partial charge < -0.3 is 19.7 Å². The molecule has 0 amide bonds. The van der Waals surface area contributed by atoms with Gasteiger partial charge in [-0.25, -0.2) is 4.99 Å². The molecule has 26 heavy (non-hydrogen) atoms. The van der Waals surface area contributed by atoms with E-state index in [1.807, 2.05) is 12.3 Å². The zero-order valence-electron chi connectivity index (χ0n) is 16.2. The predicted molar refractivity (Wildman–Crippen MR) is 116 cm³/mol. The Balaban J connectivity index is 0.00000338. The Morgan fingerprint density at radius 1 is 1.35 bits per heavy atom. The number of pyridine rings is 1. The molecule has 1 fully saturated rings. The molecule has 0 radical (unpaired) electrons. The van der Waals surface area contributed by atoms with E-state index in [4.69, 9.17) is 14.5 Å². The maximum absolute atomic E-state index is 5.94. The number of guanidine groups is 1. The van der Waals surface area contributed by atoms with Crippen LogP contribution in [0.5, 0.6) is 0 Å². The van der Waals surface area contributed by atoms with Crippen LogP contribution in [0.1, 0.15) is 37.4 Å². The van der Waals surface area contributed by atoms with Gasteiger partial charge in [-0.05, 0) is 44.7 Å². The Labute approximate surface area is 174 Å². The maximum Gasteiger partial charge on any atom is 0.194 e. The van der Waals surface area contributed by atoms with Gasteiger partial charge in [-0.2, -0.15) is 0 Å². The van der Waals surface area contributed by atoms with E-state index in [0.29, 0.717) is 12.6 Å². The summed E-state index contributed by atoms with van der Waals surface area (Å²) in [7, 11) is 1.73. The Morgan fingerprint density at radius 2 is 2.12 bits per heavy atom. The summed E-state index contributed by atoms with van der Waals surface area (Å²) >= 11 is 0. The summed E-state index contributed by atoms with van der Waals surface area (Å²) in [5.41, 5.74) is 2.22. The highest BCUT2D eigenvalue weighted by Gasteiger charge is 2.21. The van der Waals surface area contributed by atoms with Gasteiger partial charge in [0, 0.05) is 46.2 Å². The molecule has 1 aliphatic rings. The first-order valence-electron chi connectivity index (χ1n) is 9.29. The second-order valence-corrected chi connectivity index (χ2v) is 6.34. The standard InChI is InChI=1S/C19H32N4O2.HI/c1-4-20-19(22-15-18-16(2)7-5-10-21-18)23-11-8-17(9-12-23)25-14-6-13-24-3;/h5,7,10,17H,4,6,8-9,11-15H2,1-3H3,(H,20,22);1H. The second-order valence-electron chi connectivity index (χ2n) is 6.34. The van der Waals surface area contributed by atoms with Crippen molar-refractivity contribution in [1.82, 2.24) is 15.2 Å². The van der Waals surface area contributed by atoms with Crippen molar-refractivity contribution in [1.29, 1.82) is 0 Å². The third-order valence-corrected chi connectivity index (χ3v) is 4.42. The number of likely N-dealkylation sites (tertiary alicyclic amines) is 1. The molecule has 1 aromatic heterocycles. The first-order valence-corrected chi connectivity index (χ1v) is 9.29. The Morgan fingerprint density at radius 3 is 2.77 bits per heavy atom. The zero-order chi connectivity index (χ0) is 17.9. The van der Waals surface area contributed by atoms with E-state index in [2.05, 4.69) is 35.1 Å². The van der Waals surface area contributed by atoms with Crippen LogP contribution in [0.2, 0.25) is 0 Å². The predicted octanol–water partition coefficient (Wildman–Crippen LogP) is 2.99. The number of methoxy groups -OCH3 is 1. The van der Waals surface area contributed by atoms with Crippen molar-refractivity contribution in [2.24, 2.45) is 4.99 Å². The number of ether oxygens (including phenoxy) is 2. The lowest BCUT2D eigenvalue weighted by atomic mass is 10.1. The molecule has 0 unspecified atom stereocenters. The van der Waals surface area contributed by atoms with Gasteiger partial charge in [-0.15, -0.1) is 24.0 Å². The smallest absolute Gasteiger partial charge is 0.194 e. The minimum Gasteiger partial charge on any atom is -0.385 e. The summed E-state index contributed by atoms with van der Waals surface area (Å²) in [6.07, 6.45) is 5.23. The van der Waals surface area contributed by atoms with Crippen LogP contribution in [0.4, 0.5) is 0 Å². The number of halogens is 1. The van der Waals surface area contributed by atoms with Gasteiger partial charge in [-0.1, -0.05) is 6.07 Å². The van der Waals surface area contributed by atoms with E-state index >= 15 is 0 Å². The van der Waals surface area contributed by atoms with Crippen molar-refractivity contribution >= 4 is 29.9 Å². The van der Waals surface area contributed by atoms with E-state index < -0.39 is 0 Å². The van der Waals surface area contributed by atoms with Gasteiger partial charge >= 0.3 is 0 Å². The first kappa shape index (κ1) is 23.1. The Bertz CT molecular complexity index is 534. The number of hydrogen-bond donors (Lipinski definition) is 1. The monoisotopic (exact) mass is 476 g/mol. The van der Waals surface area contributed by atoms with E-state index in [1.165, 1.54) is 5.56 Å². The molecule has 0 atom stereocenters. The van der Waals surface area contributed by atoms with Gasteiger partial charge in [0.2, 0.25) is 0 Å². The van der Waals surface area contributed by atoms with Gasteiger partial charge in [-0.3, -0.25) is 4.98 Å². The summed E-state index contributed by atoms with van der Waals surface area (Å²) in [6, 6.07) is 4.04. The van der Waals surface area contributed by atoms with Gasteiger partial charge in [0.25, 0.3) is 0 Å². The molecule has 1 saturated heterocycles. The Kier molecular flexibility index (Phi) is 11.8. The molecule has 148 valence electrons. The maximum atomic E-state index is 5.94. The van der Waals surface area contributed by atoms with Crippen LogP contribution in [0.3, 0.4) is 0 Å². The normalized spacial score (nSPS) is 15.7. The average Bonchev–Trinajstić information content (AvgIpc) is 2.64. The van der Waals surface area contributed by atoms with Crippen molar-refractivity contribution < 1.29 is 9.47 Å². The third-order valence-electron chi connectivity index (χ3n) is 4.42. The van der Waals surface area contributed by atoms with Crippen LogP contribution in [-0.2, 0) is 16.0 Å². The van der Waals surface area contributed by atoms with Crippen LogP contribution >= 0.6 is 24.0 Å². The molecule has 2 rings (SSSR count). The number of aliphatic imine (C=N–C) groups is 1. The fourth-order valence-electron chi connectivity index (χ4n) is 2.95. The van der Waals surface area contributed by atoms with Crippen molar-refractivity contribution in [3.05, 3.63) is 29.6 Å². The summed E-state index contributed by atoms with van der Waals surface area (Å²) in [5.74, 6) is 0.977. The Hall–Kier alpha value is -0.930. The van der Waals surface area contributed by atoms with E-state index in [0.717, 1.165) is 63.8 Å². The van der Waals surface area contributed by atoms with Gasteiger partial charge in [0.15, 0.2) is 5.96 Å². The highest BCUT2D eigenvalue weighted by molar-refractivity contribution is 14.0. The fourth-order valence-corrected chi connectivity index (χ4v) is 2.95. The van der Waals surface area contributed by atoms with Gasteiger partial charge in [0.05, 0.1) is 18.3 Å². The molecule has 0 saturated carbocycles. The molecule has 1 aromatic rings. The third kappa shape index (κ3) is 7.75. The van der Waals surface area contributed by atoms with Crippen molar-refractivity contribution in [3.63, 3.8) is 0 Å². The van der Waals surface area contributed by atoms with Crippen LogP contribution in [0.25, 0.3) is 0 Å². The quantitative estimate of drug-likeness (QED) is 0.271. The summed E-state index contributed by atoms with van der Waals surface area (Å²) in [4.78, 5) is 11.6. The molecule has 2 heterocycles. The number of nitrogens with one attached hydrogen (secondary N) is 1. The van der Waals surface area contributed by atoms with Crippen molar-refractivity contribution in [2.75, 3.05) is 40.0 Å². The van der Waals surface area contributed by atoms with Crippen LogP contribution in [-0.4, -0.2) is 61.9 Å². The fraction of sp³-hybridized carbons (Fsp3) is 0.684. The number of piperidine rings is 1. The summed E-state index contributed by atoms with van der Waals surface area (Å²) < 4.78 is 11.0. The van der Waals surface area contributed by atoms with Crippen LogP contribution in [0, 0.1) is 6.92 Å². The number of aryl methyl sites for hydroxylation is 1. The second kappa shape index (κ2) is 13.3.